The Morgan fingerprint density at radius 1 is 1.19 bits per heavy atom. The van der Waals surface area contributed by atoms with Crippen LogP contribution in [0.25, 0.3) is 0 Å². The van der Waals surface area contributed by atoms with Gasteiger partial charge in [0.15, 0.2) is 0 Å². The van der Waals surface area contributed by atoms with Crippen molar-refractivity contribution in [2.45, 2.75) is 24.2 Å². The van der Waals surface area contributed by atoms with Crippen LogP contribution in [-0.4, -0.2) is 43.1 Å². The fourth-order valence-electron chi connectivity index (χ4n) is 3.51. The first kappa shape index (κ1) is 17.7. The number of hydrogen-bond acceptors (Lipinski definition) is 5. The molecule has 140 valence electrons. The number of carbonyl (C=O) groups is 1. The van der Waals surface area contributed by atoms with E-state index in [1.165, 1.54) is 0 Å². The quantitative estimate of drug-likeness (QED) is 0.875. The van der Waals surface area contributed by atoms with E-state index in [2.05, 4.69) is 14.7 Å². The number of hydrogen-bond donors (Lipinski definition) is 1. The molecule has 1 aromatic heterocycles. The number of anilines is 1. The summed E-state index contributed by atoms with van der Waals surface area (Å²) < 4.78 is 28.9. The first-order valence-corrected chi connectivity index (χ1v) is 10.4. The summed E-state index contributed by atoms with van der Waals surface area (Å²) in [5, 5.41) is 3.15. The number of benzene rings is 1. The Morgan fingerprint density at radius 2 is 2.00 bits per heavy atom. The van der Waals surface area contributed by atoms with E-state index in [-0.39, 0.29) is 23.1 Å². The molecule has 4 rings (SSSR count). The molecule has 1 saturated heterocycles. The van der Waals surface area contributed by atoms with E-state index in [1.807, 2.05) is 18.2 Å². The van der Waals surface area contributed by atoms with E-state index in [0.717, 1.165) is 18.5 Å². The summed E-state index contributed by atoms with van der Waals surface area (Å²) in [6, 6.07) is 12.2. The van der Waals surface area contributed by atoms with E-state index in [9.17, 15) is 13.2 Å². The molecule has 0 unspecified atom stereocenters. The lowest BCUT2D eigenvalue weighted by Crippen LogP contribution is -2.45. The largest absolute Gasteiger partial charge is 0.342 e. The van der Waals surface area contributed by atoms with Crippen molar-refractivity contribution in [3.63, 3.8) is 0 Å². The number of piperidine rings is 1. The molecule has 1 amide bonds. The highest BCUT2D eigenvalue weighted by Crippen LogP contribution is 2.30. The number of rotatable bonds is 3. The lowest BCUT2D eigenvalue weighted by molar-refractivity contribution is -0.131. The molecule has 2 aliphatic rings. The lowest BCUT2D eigenvalue weighted by atomic mass is 9.96. The van der Waals surface area contributed by atoms with Gasteiger partial charge in [-0.05, 0) is 37.1 Å². The third-order valence-corrected chi connectivity index (χ3v) is 6.21. The van der Waals surface area contributed by atoms with Crippen LogP contribution in [0, 0.1) is 5.92 Å². The number of para-hydroxylation sites is 1. The Balaban J connectivity index is 1.50. The number of carbonyl (C=O) groups excluding carboxylic acids is 1. The van der Waals surface area contributed by atoms with Crippen LogP contribution in [0.3, 0.4) is 0 Å². The van der Waals surface area contributed by atoms with Crippen LogP contribution in [0.15, 0.2) is 58.0 Å². The van der Waals surface area contributed by atoms with Gasteiger partial charge in [-0.3, -0.25) is 9.78 Å². The van der Waals surface area contributed by atoms with E-state index < -0.39 is 10.0 Å². The highest BCUT2D eigenvalue weighted by atomic mass is 32.2. The average Bonchev–Trinajstić information content (AvgIpc) is 2.68. The van der Waals surface area contributed by atoms with Gasteiger partial charge in [0.2, 0.25) is 5.91 Å². The van der Waals surface area contributed by atoms with Gasteiger partial charge in [0.05, 0.1) is 12.1 Å². The van der Waals surface area contributed by atoms with Gasteiger partial charge in [-0.25, -0.2) is 0 Å². The SMILES string of the molecule is O=C(Cc1ccccn1)N1CCC[C@@H](C2=NS(=O)(=O)c3ccccc3N2)C1. The van der Waals surface area contributed by atoms with Crippen LogP contribution in [0.1, 0.15) is 18.5 Å². The summed E-state index contributed by atoms with van der Waals surface area (Å²) in [5.74, 6) is 0.289. The molecule has 2 aliphatic heterocycles. The van der Waals surface area contributed by atoms with E-state index >= 15 is 0 Å². The summed E-state index contributed by atoms with van der Waals surface area (Å²) in [4.78, 5) is 18.8. The molecule has 8 heteroatoms. The van der Waals surface area contributed by atoms with E-state index in [0.29, 0.717) is 24.6 Å². The molecule has 1 fully saturated rings. The fourth-order valence-corrected chi connectivity index (χ4v) is 4.71. The number of nitrogens with zero attached hydrogens (tertiary/aromatic N) is 3. The summed E-state index contributed by atoms with van der Waals surface area (Å²) in [6.45, 7) is 1.12. The Kier molecular flexibility index (Phi) is 4.65. The molecule has 1 aromatic carbocycles. The van der Waals surface area contributed by atoms with Gasteiger partial charge < -0.3 is 10.2 Å². The summed E-state index contributed by atoms with van der Waals surface area (Å²) >= 11 is 0. The number of amidine groups is 1. The maximum absolute atomic E-state index is 12.6. The van der Waals surface area contributed by atoms with Crippen molar-refractivity contribution in [2.75, 3.05) is 18.4 Å². The molecule has 1 N–H and O–H groups in total. The first-order valence-electron chi connectivity index (χ1n) is 8.91. The zero-order valence-electron chi connectivity index (χ0n) is 14.7. The molecule has 2 aromatic rings. The number of aromatic nitrogens is 1. The molecule has 7 nitrogen and oxygen atoms in total. The number of nitrogens with one attached hydrogen (secondary N) is 1. The third-order valence-electron chi connectivity index (χ3n) is 4.87. The van der Waals surface area contributed by atoms with Crippen molar-refractivity contribution >= 4 is 27.5 Å². The van der Waals surface area contributed by atoms with Gasteiger partial charge in [0.25, 0.3) is 10.0 Å². The van der Waals surface area contributed by atoms with Crippen LogP contribution in [0.5, 0.6) is 0 Å². The number of sulfonamides is 1. The number of fused-ring (bicyclic) bond motifs is 1. The van der Waals surface area contributed by atoms with Gasteiger partial charge in [-0.1, -0.05) is 18.2 Å². The molecular formula is C19H20N4O3S. The normalized spacial score (nSPS) is 21.0. The van der Waals surface area contributed by atoms with Crippen molar-refractivity contribution in [2.24, 2.45) is 10.3 Å². The highest BCUT2D eigenvalue weighted by Gasteiger charge is 2.32. The summed E-state index contributed by atoms with van der Waals surface area (Å²) in [5.41, 5.74) is 1.27. The average molecular weight is 384 g/mol. The first-order chi connectivity index (χ1) is 13.0. The number of likely N-dealkylation sites (tertiary alicyclic amines) is 1. The van der Waals surface area contributed by atoms with Gasteiger partial charge >= 0.3 is 0 Å². The van der Waals surface area contributed by atoms with Crippen molar-refractivity contribution < 1.29 is 13.2 Å². The van der Waals surface area contributed by atoms with Crippen LogP contribution in [0.2, 0.25) is 0 Å². The molecule has 0 aliphatic carbocycles. The Morgan fingerprint density at radius 3 is 2.81 bits per heavy atom. The maximum atomic E-state index is 12.6. The monoisotopic (exact) mass is 384 g/mol. The van der Waals surface area contributed by atoms with E-state index in [4.69, 9.17) is 0 Å². The molecule has 0 saturated carbocycles. The summed E-state index contributed by atoms with van der Waals surface area (Å²) in [6.07, 6.45) is 3.51. The third kappa shape index (κ3) is 3.71. The predicted molar refractivity (Wildman–Crippen MR) is 102 cm³/mol. The Hall–Kier alpha value is -2.74. The zero-order chi connectivity index (χ0) is 18.9. The van der Waals surface area contributed by atoms with Crippen molar-refractivity contribution in [3.8, 4) is 0 Å². The molecule has 0 bridgehead atoms. The topological polar surface area (TPSA) is 91.7 Å². The second kappa shape index (κ2) is 7.11. The molecule has 0 spiro atoms. The molecule has 1 atom stereocenters. The Bertz CT molecular complexity index is 989. The minimum absolute atomic E-state index is 0.00179. The Labute approximate surface area is 158 Å². The second-order valence-electron chi connectivity index (χ2n) is 6.75. The van der Waals surface area contributed by atoms with E-state index in [1.54, 1.807) is 35.4 Å². The summed E-state index contributed by atoms with van der Waals surface area (Å²) in [7, 11) is -3.71. The van der Waals surface area contributed by atoms with Crippen molar-refractivity contribution in [1.82, 2.24) is 9.88 Å². The van der Waals surface area contributed by atoms with Crippen molar-refractivity contribution in [1.29, 1.82) is 0 Å². The van der Waals surface area contributed by atoms with Gasteiger partial charge in [0.1, 0.15) is 10.7 Å². The van der Waals surface area contributed by atoms with Crippen LogP contribution >= 0.6 is 0 Å². The fraction of sp³-hybridized carbons (Fsp3) is 0.316. The van der Waals surface area contributed by atoms with Crippen LogP contribution in [0.4, 0.5) is 5.69 Å². The molecule has 3 heterocycles. The van der Waals surface area contributed by atoms with Gasteiger partial charge in [0, 0.05) is 30.9 Å². The van der Waals surface area contributed by atoms with Gasteiger partial charge in [-0.15, -0.1) is 4.40 Å². The molecular weight excluding hydrogens is 364 g/mol. The predicted octanol–water partition coefficient (Wildman–Crippen LogP) is 2.08. The highest BCUT2D eigenvalue weighted by molar-refractivity contribution is 7.90. The standard InChI is InChI=1S/C19H20N4O3S/c24-18(12-15-7-3-4-10-20-15)23-11-5-6-14(13-23)19-21-16-8-1-2-9-17(16)27(25,26)22-19/h1-4,7-10,14H,5-6,11-13H2,(H,21,22)/t14-/m1/s1. The second-order valence-corrected chi connectivity index (χ2v) is 8.32. The molecule has 27 heavy (non-hydrogen) atoms. The zero-order valence-corrected chi connectivity index (χ0v) is 15.5. The smallest absolute Gasteiger partial charge is 0.286 e. The number of pyridine rings is 1. The molecule has 0 radical (unpaired) electrons. The minimum Gasteiger partial charge on any atom is -0.342 e. The lowest BCUT2D eigenvalue weighted by Gasteiger charge is -2.34. The van der Waals surface area contributed by atoms with Gasteiger partial charge in [-0.2, -0.15) is 8.42 Å². The van der Waals surface area contributed by atoms with Crippen molar-refractivity contribution in [3.05, 3.63) is 54.4 Å². The van der Waals surface area contributed by atoms with Crippen LogP contribution < -0.4 is 5.32 Å². The number of amides is 1. The maximum Gasteiger partial charge on any atom is 0.286 e. The van der Waals surface area contributed by atoms with Crippen LogP contribution in [-0.2, 0) is 21.2 Å². The minimum atomic E-state index is -3.71.